The first-order chi connectivity index (χ1) is 13.1. The quantitative estimate of drug-likeness (QED) is 0.687. The second-order valence-corrected chi connectivity index (χ2v) is 6.87. The molecule has 0 aliphatic heterocycles. The predicted molar refractivity (Wildman–Crippen MR) is 103 cm³/mol. The zero-order chi connectivity index (χ0) is 19.2. The molecule has 0 amide bonds. The fourth-order valence-electron chi connectivity index (χ4n) is 3.33. The minimum absolute atomic E-state index is 0.220. The van der Waals surface area contributed by atoms with E-state index in [-0.39, 0.29) is 17.6 Å². The summed E-state index contributed by atoms with van der Waals surface area (Å²) < 4.78 is 5.36. The van der Waals surface area contributed by atoms with Gasteiger partial charge in [0.2, 0.25) is 0 Å². The Bertz CT molecular complexity index is 786. The van der Waals surface area contributed by atoms with Crippen molar-refractivity contribution in [3.8, 4) is 0 Å². The van der Waals surface area contributed by atoms with E-state index in [1.165, 1.54) is 0 Å². The summed E-state index contributed by atoms with van der Waals surface area (Å²) in [4.78, 5) is 26.2. The molecule has 0 spiro atoms. The third kappa shape index (κ3) is 5.17. The highest BCUT2D eigenvalue weighted by atomic mass is 16.5. The fourth-order valence-corrected chi connectivity index (χ4v) is 3.33. The lowest BCUT2D eigenvalue weighted by Gasteiger charge is -2.30. The van der Waals surface area contributed by atoms with Gasteiger partial charge in [0.1, 0.15) is 6.04 Å². The van der Waals surface area contributed by atoms with Crippen LogP contribution < -0.4 is 0 Å². The van der Waals surface area contributed by atoms with Crippen LogP contribution in [0.5, 0.6) is 0 Å². The van der Waals surface area contributed by atoms with Gasteiger partial charge < -0.3 is 9.84 Å². The molecule has 1 unspecified atom stereocenters. The van der Waals surface area contributed by atoms with Crippen molar-refractivity contribution >= 4 is 11.9 Å². The van der Waals surface area contributed by atoms with Gasteiger partial charge in [0.25, 0.3) is 0 Å². The molecule has 1 aliphatic carbocycles. The molecule has 0 bridgehead atoms. The largest absolute Gasteiger partial charge is 0.478 e. The Morgan fingerprint density at radius 2 is 1.81 bits per heavy atom. The van der Waals surface area contributed by atoms with Crippen LogP contribution in [0.3, 0.4) is 0 Å². The first-order valence-corrected chi connectivity index (χ1v) is 9.37. The summed E-state index contributed by atoms with van der Waals surface area (Å²) in [6.45, 7) is 2.69. The van der Waals surface area contributed by atoms with E-state index in [1.807, 2.05) is 43.3 Å². The van der Waals surface area contributed by atoms with Crippen LogP contribution in [-0.2, 0) is 22.5 Å². The standard InChI is InChI=1S/C22H25NO4/c1-2-27-22(26)20(14-16-7-4-3-5-8-16)23(19-11-12-19)15-17-9-6-10-18(13-17)21(24)25/h3-10,13,19-20H,2,11-12,14-15H2,1H3,(H,24,25). The van der Waals surface area contributed by atoms with Crippen LogP contribution in [0.15, 0.2) is 54.6 Å². The lowest BCUT2D eigenvalue weighted by molar-refractivity contribution is -0.150. The molecule has 5 heteroatoms. The Kier molecular flexibility index (Phi) is 6.24. The van der Waals surface area contributed by atoms with Crippen molar-refractivity contribution in [1.29, 1.82) is 0 Å². The van der Waals surface area contributed by atoms with Gasteiger partial charge in [-0.2, -0.15) is 0 Å². The molecule has 1 atom stereocenters. The van der Waals surface area contributed by atoms with Crippen molar-refractivity contribution in [2.45, 2.75) is 44.8 Å². The van der Waals surface area contributed by atoms with Gasteiger partial charge in [0.05, 0.1) is 12.2 Å². The molecule has 0 saturated heterocycles. The van der Waals surface area contributed by atoms with E-state index in [0.717, 1.165) is 24.0 Å². The number of rotatable bonds is 9. The normalized spacial score (nSPS) is 14.7. The Hall–Kier alpha value is -2.66. The number of nitrogens with zero attached hydrogens (tertiary/aromatic N) is 1. The number of aromatic carboxylic acids is 1. The van der Waals surface area contributed by atoms with Crippen LogP contribution in [0.4, 0.5) is 0 Å². The van der Waals surface area contributed by atoms with Gasteiger partial charge in [-0.25, -0.2) is 4.79 Å². The number of ether oxygens (including phenoxy) is 1. The maximum absolute atomic E-state index is 12.7. The van der Waals surface area contributed by atoms with E-state index >= 15 is 0 Å². The summed E-state index contributed by atoms with van der Waals surface area (Å²) in [6.07, 6.45) is 2.67. The van der Waals surface area contributed by atoms with Crippen LogP contribution in [0.1, 0.15) is 41.3 Å². The van der Waals surface area contributed by atoms with Crippen molar-refractivity contribution < 1.29 is 19.4 Å². The van der Waals surface area contributed by atoms with Crippen molar-refractivity contribution in [1.82, 2.24) is 4.90 Å². The molecule has 3 rings (SSSR count). The molecular formula is C22H25NO4. The van der Waals surface area contributed by atoms with Crippen molar-refractivity contribution in [2.75, 3.05) is 6.61 Å². The summed E-state index contributed by atoms with van der Waals surface area (Å²) in [5, 5.41) is 9.24. The topological polar surface area (TPSA) is 66.8 Å². The minimum Gasteiger partial charge on any atom is -0.478 e. The molecule has 1 fully saturated rings. The van der Waals surface area contributed by atoms with Crippen molar-refractivity contribution in [2.24, 2.45) is 0 Å². The SMILES string of the molecule is CCOC(=O)C(Cc1ccccc1)N(Cc1cccc(C(=O)O)c1)C1CC1. The zero-order valence-corrected chi connectivity index (χ0v) is 15.5. The number of carboxylic acid groups (broad SMARTS) is 1. The van der Waals surface area contributed by atoms with Gasteiger partial charge in [-0.15, -0.1) is 0 Å². The van der Waals surface area contributed by atoms with Crippen molar-refractivity contribution in [3.05, 3.63) is 71.3 Å². The summed E-state index contributed by atoms with van der Waals surface area (Å²) in [5.41, 5.74) is 2.24. The van der Waals surface area contributed by atoms with E-state index in [2.05, 4.69) is 4.90 Å². The second kappa shape index (κ2) is 8.82. The summed E-state index contributed by atoms with van der Waals surface area (Å²) in [5.74, 6) is -1.16. The summed E-state index contributed by atoms with van der Waals surface area (Å²) >= 11 is 0. The first-order valence-electron chi connectivity index (χ1n) is 9.37. The van der Waals surface area contributed by atoms with Gasteiger partial charge in [-0.05, 0) is 49.4 Å². The van der Waals surface area contributed by atoms with Gasteiger partial charge >= 0.3 is 11.9 Å². The Morgan fingerprint density at radius 3 is 2.44 bits per heavy atom. The number of esters is 1. The Morgan fingerprint density at radius 1 is 1.11 bits per heavy atom. The summed E-state index contributed by atoms with van der Waals surface area (Å²) in [6, 6.07) is 16.8. The number of hydrogen-bond donors (Lipinski definition) is 1. The number of hydrogen-bond acceptors (Lipinski definition) is 4. The molecule has 0 aromatic heterocycles. The molecule has 0 radical (unpaired) electrons. The molecule has 2 aromatic carbocycles. The average molecular weight is 367 g/mol. The van der Waals surface area contributed by atoms with E-state index in [0.29, 0.717) is 25.6 Å². The molecule has 27 heavy (non-hydrogen) atoms. The third-order valence-electron chi connectivity index (χ3n) is 4.79. The maximum Gasteiger partial charge on any atom is 0.335 e. The molecule has 2 aromatic rings. The minimum atomic E-state index is -0.943. The molecule has 1 saturated carbocycles. The van der Waals surface area contributed by atoms with Gasteiger partial charge in [-0.1, -0.05) is 42.5 Å². The Labute approximate surface area is 159 Å². The molecule has 0 heterocycles. The number of carboxylic acids is 1. The van der Waals surface area contributed by atoms with Gasteiger partial charge in [-0.3, -0.25) is 9.69 Å². The van der Waals surface area contributed by atoms with Crippen LogP contribution in [0.25, 0.3) is 0 Å². The van der Waals surface area contributed by atoms with Crippen molar-refractivity contribution in [3.63, 3.8) is 0 Å². The second-order valence-electron chi connectivity index (χ2n) is 6.87. The predicted octanol–water partition coefficient (Wildman–Crippen LogP) is 3.52. The lowest BCUT2D eigenvalue weighted by atomic mass is 10.0. The molecule has 5 nitrogen and oxygen atoms in total. The third-order valence-corrected chi connectivity index (χ3v) is 4.79. The van der Waals surface area contributed by atoms with E-state index in [9.17, 15) is 14.7 Å². The number of carbonyl (C=O) groups excluding carboxylic acids is 1. The van der Waals surface area contributed by atoms with Crippen LogP contribution in [0, 0.1) is 0 Å². The van der Waals surface area contributed by atoms with E-state index in [4.69, 9.17) is 4.74 Å². The van der Waals surface area contributed by atoms with Crippen LogP contribution in [-0.4, -0.2) is 40.6 Å². The summed E-state index contributed by atoms with van der Waals surface area (Å²) in [7, 11) is 0. The molecular weight excluding hydrogens is 342 g/mol. The Balaban J connectivity index is 1.85. The fraction of sp³-hybridized carbons (Fsp3) is 0.364. The molecule has 1 N–H and O–H groups in total. The van der Waals surface area contributed by atoms with E-state index < -0.39 is 5.97 Å². The smallest absolute Gasteiger partial charge is 0.335 e. The van der Waals surface area contributed by atoms with Crippen LogP contribution >= 0.6 is 0 Å². The van der Waals surface area contributed by atoms with Crippen LogP contribution in [0.2, 0.25) is 0 Å². The van der Waals surface area contributed by atoms with E-state index in [1.54, 1.807) is 18.2 Å². The van der Waals surface area contributed by atoms with Gasteiger partial charge in [0.15, 0.2) is 0 Å². The molecule has 142 valence electrons. The molecule has 1 aliphatic rings. The lowest BCUT2D eigenvalue weighted by Crippen LogP contribution is -2.44. The average Bonchev–Trinajstić information content (AvgIpc) is 3.51. The highest BCUT2D eigenvalue weighted by molar-refractivity contribution is 5.87. The maximum atomic E-state index is 12.7. The number of carbonyl (C=O) groups is 2. The highest BCUT2D eigenvalue weighted by Crippen LogP contribution is 2.32. The first kappa shape index (κ1) is 19.1. The highest BCUT2D eigenvalue weighted by Gasteiger charge is 2.38. The monoisotopic (exact) mass is 367 g/mol. The zero-order valence-electron chi connectivity index (χ0n) is 15.5. The number of benzene rings is 2. The van der Waals surface area contributed by atoms with Gasteiger partial charge in [0, 0.05) is 12.6 Å².